The average Bonchev–Trinajstić information content (AvgIpc) is 2.29. The highest BCUT2D eigenvalue weighted by Crippen LogP contribution is 2.09. The SMILES string of the molecule is C#CC(CCC)Nc1ncc([N+](=O)[O-])cn1. The molecule has 1 rings (SSSR count). The lowest BCUT2D eigenvalue weighted by Crippen LogP contribution is -2.18. The van der Waals surface area contributed by atoms with Crippen LogP contribution in [0.5, 0.6) is 0 Å². The van der Waals surface area contributed by atoms with Crippen molar-refractivity contribution in [2.45, 2.75) is 25.8 Å². The molecule has 6 heteroatoms. The van der Waals surface area contributed by atoms with Gasteiger partial charge >= 0.3 is 5.69 Å². The second kappa shape index (κ2) is 5.66. The zero-order valence-corrected chi connectivity index (χ0v) is 8.88. The first kappa shape index (κ1) is 11.9. The Morgan fingerprint density at radius 2 is 2.25 bits per heavy atom. The molecule has 1 atom stereocenters. The lowest BCUT2D eigenvalue weighted by molar-refractivity contribution is -0.385. The van der Waals surface area contributed by atoms with Gasteiger partial charge in [-0.3, -0.25) is 10.1 Å². The van der Waals surface area contributed by atoms with Gasteiger partial charge in [-0.25, -0.2) is 9.97 Å². The molecule has 0 aliphatic carbocycles. The maximum absolute atomic E-state index is 10.4. The third kappa shape index (κ3) is 3.20. The number of rotatable bonds is 5. The van der Waals surface area contributed by atoms with E-state index in [2.05, 4.69) is 21.2 Å². The smallest absolute Gasteiger partial charge is 0.305 e. The first-order valence-corrected chi connectivity index (χ1v) is 4.86. The molecule has 0 aliphatic rings. The molecule has 1 N–H and O–H groups in total. The average molecular weight is 220 g/mol. The summed E-state index contributed by atoms with van der Waals surface area (Å²) in [4.78, 5) is 17.4. The zero-order chi connectivity index (χ0) is 12.0. The van der Waals surface area contributed by atoms with E-state index in [1.165, 1.54) is 0 Å². The fraction of sp³-hybridized carbons (Fsp3) is 0.400. The Morgan fingerprint density at radius 3 is 2.69 bits per heavy atom. The van der Waals surface area contributed by atoms with Crippen molar-refractivity contribution in [2.75, 3.05) is 5.32 Å². The van der Waals surface area contributed by atoms with E-state index in [9.17, 15) is 10.1 Å². The van der Waals surface area contributed by atoms with E-state index < -0.39 is 4.92 Å². The number of hydrogen-bond acceptors (Lipinski definition) is 5. The van der Waals surface area contributed by atoms with Crippen molar-refractivity contribution in [3.05, 3.63) is 22.5 Å². The monoisotopic (exact) mass is 220 g/mol. The second-order valence-electron chi connectivity index (χ2n) is 3.17. The molecule has 0 aliphatic heterocycles. The molecule has 0 bridgehead atoms. The summed E-state index contributed by atoms with van der Waals surface area (Å²) in [6.07, 6.45) is 9.35. The number of nitro groups is 1. The van der Waals surface area contributed by atoms with Crippen LogP contribution in [0.4, 0.5) is 11.6 Å². The molecule has 0 aromatic carbocycles. The van der Waals surface area contributed by atoms with Gasteiger partial charge in [-0.05, 0) is 6.42 Å². The Labute approximate surface area is 93.3 Å². The van der Waals surface area contributed by atoms with Crippen LogP contribution in [0.15, 0.2) is 12.4 Å². The van der Waals surface area contributed by atoms with Gasteiger partial charge in [-0.15, -0.1) is 6.42 Å². The topological polar surface area (TPSA) is 81.0 Å². The molecular weight excluding hydrogens is 208 g/mol. The predicted octanol–water partition coefficient (Wildman–Crippen LogP) is 1.60. The standard InChI is InChI=1S/C10H12N4O2/c1-3-5-8(4-2)13-10-11-6-9(7-12-10)14(15)16/h2,6-8H,3,5H2,1H3,(H,11,12,13). The summed E-state index contributed by atoms with van der Waals surface area (Å²) in [6.45, 7) is 2.02. The summed E-state index contributed by atoms with van der Waals surface area (Å²) >= 11 is 0. The molecule has 0 fully saturated rings. The van der Waals surface area contributed by atoms with Crippen LogP contribution < -0.4 is 5.32 Å². The summed E-state index contributed by atoms with van der Waals surface area (Å²) < 4.78 is 0. The molecule has 0 saturated heterocycles. The molecule has 84 valence electrons. The van der Waals surface area contributed by atoms with Crippen LogP contribution in [0.2, 0.25) is 0 Å². The normalized spacial score (nSPS) is 11.5. The molecule has 1 heterocycles. The van der Waals surface area contributed by atoms with Crippen LogP contribution in [-0.2, 0) is 0 Å². The lowest BCUT2D eigenvalue weighted by atomic mass is 10.2. The summed E-state index contributed by atoms with van der Waals surface area (Å²) in [5.74, 6) is 2.87. The molecule has 1 unspecified atom stereocenters. The Kier molecular flexibility index (Phi) is 4.21. The van der Waals surface area contributed by atoms with E-state index in [1.807, 2.05) is 6.92 Å². The van der Waals surface area contributed by atoms with E-state index in [0.29, 0.717) is 5.95 Å². The number of nitrogens with zero attached hydrogens (tertiary/aromatic N) is 3. The van der Waals surface area contributed by atoms with Crippen LogP contribution in [0, 0.1) is 22.5 Å². The van der Waals surface area contributed by atoms with Crippen LogP contribution >= 0.6 is 0 Å². The third-order valence-corrected chi connectivity index (χ3v) is 1.93. The van der Waals surface area contributed by atoms with Gasteiger partial charge in [0, 0.05) is 0 Å². The molecule has 0 amide bonds. The van der Waals surface area contributed by atoms with Gasteiger partial charge in [0.2, 0.25) is 5.95 Å². The van der Waals surface area contributed by atoms with Crippen molar-refractivity contribution in [3.63, 3.8) is 0 Å². The van der Waals surface area contributed by atoms with Gasteiger partial charge in [0.1, 0.15) is 12.4 Å². The number of aromatic nitrogens is 2. The van der Waals surface area contributed by atoms with Crippen molar-refractivity contribution >= 4 is 11.6 Å². The Bertz CT molecular complexity index is 396. The second-order valence-corrected chi connectivity index (χ2v) is 3.17. The molecule has 16 heavy (non-hydrogen) atoms. The number of anilines is 1. The van der Waals surface area contributed by atoms with Gasteiger partial charge in [-0.1, -0.05) is 19.3 Å². The lowest BCUT2D eigenvalue weighted by Gasteiger charge is -2.10. The maximum Gasteiger partial charge on any atom is 0.305 e. The molecule has 1 aromatic rings. The van der Waals surface area contributed by atoms with E-state index in [1.54, 1.807) is 0 Å². The first-order chi connectivity index (χ1) is 7.67. The summed E-state index contributed by atoms with van der Waals surface area (Å²) in [7, 11) is 0. The highest BCUT2D eigenvalue weighted by Gasteiger charge is 2.09. The highest BCUT2D eigenvalue weighted by atomic mass is 16.6. The summed E-state index contributed by atoms with van der Waals surface area (Å²) in [5, 5.41) is 13.3. The van der Waals surface area contributed by atoms with Crippen molar-refractivity contribution in [2.24, 2.45) is 0 Å². The minimum atomic E-state index is -0.547. The van der Waals surface area contributed by atoms with Crippen molar-refractivity contribution in [1.29, 1.82) is 0 Å². The van der Waals surface area contributed by atoms with Crippen LogP contribution in [0.25, 0.3) is 0 Å². The quantitative estimate of drug-likeness (QED) is 0.463. The van der Waals surface area contributed by atoms with E-state index in [4.69, 9.17) is 6.42 Å². The van der Waals surface area contributed by atoms with Crippen molar-refractivity contribution in [3.8, 4) is 12.3 Å². The Hall–Kier alpha value is -2.16. The van der Waals surface area contributed by atoms with Gasteiger partial charge < -0.3 is 5.32 Å². The third-order valence-electron chi connectivity index (χ3n) is 1.93. The number of nitrogens with one attached hydrogen (secondary N) is 1. The molecule has 1 aromatic heterocycles. The fourth-order valence-corrected chi connectivity index (χ4v) is 1.13. The molecular formula is C10H12N4O2. The largest absolute Gasteiger partial charge is 0.341 e. The molecule has 0 saturated carbocycles. The predicted molar refractivity (Wildman–Crippen MR) is 59.8 cm³/mol. The van der Waals surface area contributed by atoms with Crippen LogP contribution in [-0.4, -0.2) is 20.9 Å². The Morgan fingerprint density at radius 1 is 1.62 bits per heavy atom. The molecule has 6 nitrogen and oxygen atoms in total. The van der Waals surface area contributed by atoms with E-state index in [0.717, 1.165) is 25.2 Å². The highest BCUT2D eigenvalue weighted by molar-refractivity contribution is 5.33. The minimum Gasteiger partial charge on any atom is -0.341 e. The first-order valence-electron chi connectivity index (χ1n) is 4.86. The summed E-state index contributed by atoms with van der Waals surface area (Å²) in [5.41, 5.74) is -0.140. The van der Waals surface area contributed by atoms with Crippen LogP contribution in [0.3, 0.4) is 0 Å². The van der Waals surface area contributed by atoms with E-state index >= 15 is 0 Å². The van der Waals surface area contributed by atoms with Gasteiger partial charge in [0.05, 0.1) is 11.0 Å². The summed E-state index contributed by atoms with van der Waals surface area (Å²) in [6, 6.07) is -0.147. The number of terminal acetylenes is 1. The fourth-order valence-electron chi connectivity index (χ4n) is 1.13. The minimum absolute atomic E-state index is 0.140. The van der Waals surface area contributed by atoms with Gasteiger partial charge in [-0.2, -0.15) is 0 Å². The van der Waals surface area contributed by atoms with Crippen LogP contribution in [0.1, 0.15) is 19.8 Å². The van der Waals surface area contributed by atoms with Gasteiger partial charge in [0.15, 0.2) is 0 Å². The number of hydrogen-bond donors (Lipinski definition) is 1. The maximum atomic E-state index is 10.4. The Balaban J connectivity index is 2.68. The van der Waals surface area contributed by atoms with E-state index in [-0.39, 0.29) is 11.7 Å². The molecule has 0 radical (unpaired) electrons. The van der Waals surface area contributed by atoms with Crippen molar-refractivity contribution < 1.29 is 4.92 Å². The zero-order valence-electron chi connectivity index (χ0n) is 8.88. The van der Waals surface area contributed by atoms with Gasteiger partial charge in [0.25, 0.3) is 0 Å². The van der Waals surface area contributed by atoms with Crippen molar-refractivity contribution in [1.82, 2.24) is 9.97 Å². The molecule has 0 spiro atoms.